The highest BCUT2D eigenvalue weighted by atomic mass is 32.1. The highest BCUT2D eigenvalue weighted by molar-refractivity contribution is 7.14. The van der Waals surface area contributed by atoms with Crippen molar-refractivity contribution in [2.45, 2.75) is 19.9 Å². The van der Waals surface area contributed by atoms with E-state index in [9.17, 15) is 4.79 Å². The van der Waals surface area contributed by atoms with E-state index in [1.54, 1.807) is 18.5 Å². The van der Waals surface area contributed by atoms with E-state index in [4.69, 9.17) is 5.11 Å². The number of carbonyl (C=O) groups excluding carboxylic acids is 1. The van der Waals surface area contributed by atoms with Crippen molar-refractivity contribution in [2.24, 2.45) is 0 Å². The Morgan fingerprint density at radius 3 is 3.05 bits per heavy atom. The molecule has 5 heteroatoms. The fourth-order valence-electron chi connectivity index (χ4n) is 1.70. The van der Waals surface area contributed by atoms with Gasteiger partial charge in [-0.05, 0) is 36.2 Å². The topological polar surface area (TPSA) is 62.2 Å². The van der Waals surface area contributed by atoms with Crippen LogP contribution >= 0.6 is 11.3 Å². The highest BCUT2D eigenvalue weighted by Gasteiger charge is 2.08. The van der Waals surface area contributed by atoms with Gasteiger partial charge >= 0.3 is 0 Å². The van der Waals surface area contributed by atoms with Crippen molar-refractivity contribution in [2.75, 3.05) is 6.61 Å². The summed E-state index contributed by atoms with van der Waals surface area (Å²) in [6.45, 7) is 2.50. The third-order valence-electron chi connectivity index (χ3n) is 2.85. The summed E-state index contributed by atoms with van der Waals surface area (Å²) in [4.78, 5) is 17.6. The molecule has 1 amide bonds. The number of aryl methyl sites for hydroxylation is 1. The van der Waals surface area contributed by atoms with E-state index in [1.165, 1.54) is 11.3 Å². The molecule has 0 fully saturated rings. The average molecular weight is 300 g/mol. The monoisotopic (exact) mass is 300 g/mol. The molecule has 2 rings (SSSR count). The van der Waals surface area contributed by atoms with Gasteiger partial charge in [-0.1, -0.05) is 11.8 Å². The van der Waals surface area contributed by atoms with Crippen LogP contribution in [0.3, 0.4) is 0 Å². The summed E-state index contributed by atoms with van der Waals surface area (Å²) in [5.41, 5.74) is 2.11. The second-order valence-corrected chi connectivity index (χ2v) is 5.51. The van der Waals surface area contributed by atoms with E-state index in [2.05, 4.69) is 22.1 Å². The fourth-order valence-corrected chi connectivity index (χ4v) is 2.49. The summed E-state index contributed by atoms with van der Waals surface area (Å²) in [6.07, 6.45) is 3.94. The standard InChI is InChI=1S/C16H16N2O2S/c1-12-10-17-8-7-13(12)11-18-16(20)15-6-5-14(21-15)4-2-3-9-19/h5-8,10,19H,3,9,11H2,1H3,(H,18,20). The first-order chi connectivity index (χ1) is 10.2. The van der Waals surface area contributed by atoms with Gasteiger partial charge in [-0.25, -0.2) is 0 Å². The largest absolute Gasteiger partial charge is 0.395 e. The van der Waals surface area contributed by atoms with Gasteiger partial charge in [0.25, 0.3) is 5.91 Å². The number of nitrogens with one attached hydrogen (secondary N) is 1. The summed E-state index contributed by atoms with van der Waals surface area (Å²) in [5, 5.41) is 11.6. The molecule has 21 heavy (non-hydrogen) atoms. The van der Waals surface area contributed by atoms with Crippen molar-refractivity contribution in [1.29, 1.82) is 0 Å². The third-order valence-corrected chi connectivity index (χ3v) is 3.85. The van der Waals surface area contributed by atoms with Crippen LogP contribution in [0, 0.1) is 18.8 Å². The van der Waals surface area contributed by atoms with Crippen molar-refractivity contribution >= 4 is 17.2 Å². The molecule has 108 valence electrons. The number of hydrogen-bond acceptors (Lipinski definition) is 4. The lowest BCUT2D eigenvalue weighted by Crippen LogP contribution is -2.22. The molecular formula is C16H16N2O2S. The van der Waals surface area contributed by atoms with Gasteiger partial charge in [0.15, 0.2) is 0 Å². The molecule has 0 aromatic carbocycles. The molecule has 0 bridgehead atoms. The molecule has 4 nitrogen and oxygen atoms in total. The van der Waals surface area contributed by atoms with E-state index in [0.29, 0.717) is 17.8 Å². The molecule has 2 heterocycles. The van der Waals surface area contributed by atoms with Crippen LogP contribution in [-0.2, 0) is 6.54 Å². The Morgan fingerprint density at radius 2 is 2.29 bits per heavy atom. The summed E-state index contributed by atoms with van der Waals surface area (Å²) in [7, 11) is 0. The average Bonchev–Trinajstić information content (AvgIpc) is 2.95. The summed E-state index contributed by atoms with van der Waals surface area (Å²) in [5.74, 6) is 5.66. The van der Waals surface area contributed by atoms with Crippen LogP contribution in [0.5, 0.6) is 0 Å². The van der Waals surface area contributed by atoms with E-state index in [-0.39, 0.29) is 12.5 Å². The number of aliphatic hydroxyl groups is 1. The zero-order chi connectivity index (χ0) is 15.1. The second kappa shape index (κ2) is 7.58. The molecule has 0 radical (unpaired) electrons. The lowest BCUT2D eigenvalue weighted by Gasteiger charge is -2.06. The van der Waals surface area contributed by atoms with Crippen molar-refractivity contribution in [3.05, 3.63) is 51.5 Å². The van der Waals surface area contributed by atoms with Crippen LogP contribution in [0.1, 0.15) is 32.1 Å². The van der Waals surface area contributed by atoms with Crippen molar-refractivity contribution in [3.8, 4) is 11.8 Å². The molecule has 0 aliphatic rings. The first kappa shape index (κ1) is 15.2. The SMILES string of the molecule is Cc1cnccc1CNC(=O)c1ccc(C#CCCO)s1. The molecule has 2 aromatic heterocycles. The molecule has 2 aromatic rings. The lowest BCUT2D eigenvalue weighted by atomic mass is 10.1. The van der Waals surface area contributed by atoms with Crippen LogP contribution in [0.4, 0.5) is 0 Å². The zero-order valence-corrected chi connectivity index (χ0v) is 12.5. The van der Waals surface area contributed by atoms with E-state index in [1.807, 2.05) is 19.1 Å². The Kier molecular flexibility index (Phi) is 5.50. The van der Waals surface area contributed by atoms with Crippen LogP contribution in [-0.4, -0.2) is 22.6 Å². The van der Waals surface area contributed by atoms with Gasteiger partial charge in [0.2, 0.25) is 0 Å². The van der Waals surface area contributed by atoms with Crippen molar-refractivity contribution in [3.63, 3.8) is 0 Å². The van der Waals surface area contributed by atoms with Crippen LogP contribution in [0.15, 0.2) is 30.6 Å². The van der Waals surface area contributed by atoms with Crippen LogP contribution < -0.4 is 5.32 Å². The molecular weight excluding hydrogens is 284 g/mol. The molecule has 0 saturated heterocycles. The number of carbonyl (C=O) groups is 1. The highest BCUT2D eigenvalue weighted by Crippen LogP contribution is 2.15. The first-order valence-electron chi connectivity index (χ1n) is 6.58. The van der Waals surface area contributed by atoms with E-state index < -0.39 is 0 Å². The molecule has 0 atom stereocenters. The van der Waals surface area contributed by atoms with Crippen LogP contribution in [0.25, 0.3) is 0 Å². The first-order valence-corrected chi connectivity index (χ1v) is 7.39. The minimum absolute atomic E-state index is 0.0526. The summed E-state index contributed by atoms with van der Waals surface area (Å²) >= 11 is 1.35. The Balaban J connectivity index is 1.95. The Morgan fingerprint density at radius 1 is 1.43 bits per heavy atom. The van der Waals surface area contributed by atoms with Gasteiger partial charge in [0.05, 0.1) is 16.4 Å². The van der Waals surface area contributed by atoms with Gasteiger partial charge in [0.1, 0.15) is 0 Å². The normalized spacial score (nSPS) is 9.81. The lowest BCUT2D eigenvalue weighted by molar-refractivity contribution is 0.0955. The molecule has 0 saturated carbocycles. The minimum atomic E-state index is -0.105. The maximum absolute atomic E-state index is 12.1. The van der Waals surface area contributed by atoms with Gasteiger partial charge < -0.3 is 10.4 Å². The van der Waals surface area contributed by atoms with Gasteiger partial charge in [0, 0.05) is 25.4 Å². The molecule has 0 unspecified atom stereocenters. The quantitative estimate of drug-likeness (QED) is 0.850. The number of hydrogen-bond donors (Lipinski definition) is 2. The predicted molar refractivity (Wildman–Crippen MR) is 83.0 cm³/mol. The van der Waals surface area contributed by atoms with Crippen LogP contribution in [0.2, 0.25) is 0 Å². The number of nitrogens with zero attached hydrogens (tertiary/aromatic N) is 1. The number of amides is 1. The minimum Gasteiger partial charge on any atom is -0.395 e. The Labute approximate surface area is 127 Å². The number of rotatable bonds is 4. The second-order valence-electron chi connectivity index (χ2n) is 4.42. The zero-order valence-electron chi connectivity index (χ0n) is 11.7. The maximum Gasteiger partial charge on any atom is 0.261 e. The van der Waals surface area contributed by atoms with Gasteiger partial charge in [-0.15, -0.1) is 11.3 Å². The molecule has 0 spiro atoms. The van der Waals surface area contributed by atoms with Gasteiger partial charge in [-0.2, -0.15) is 0 Å². The number of aromatic nitrogens is 1. The molecule has 2 N–H and O–H groups in total. The number of aliphatic hydroxyl groups excluding tert-OH is 1. The number of pyridine rings is 1. The third kappa shape index (κ3) is 4.42. The Hall–Kier alpha value is -2.16. The number of thiophene rings is 1. The van der Waals surface area contributed by atoms with Gasteiger partial charge in [-0.3, -0.25) is 9.78 Å². The summed E-state index contributed by atoms with van der Waals surface area (Å²) in [6, 6.07) is 5.49. The molecule has 0 aliphatic heterocycles. The van der Waals surface area contributed by atoms with Crippen molar-refractivity contribution < 1.29 is 9.90 Å². The summed E-state index contributed by atoms with van der Waals surface area (Å²) < 4.78 is 0. The van der Waals surface area contributed by atoms with Crippen molar-refractivity contribution in [1.82, 2.24) is 10.3 Å². The Bertz CT molecular complexity index is 683. The van der Waals surface area contributed by atoms with E-state index in [0.717, 1.165) is 16.0 Å². The fraction of sp³-hybridized carbons (Fsp3) is 0.250. The van der Waals surface area contributed by atoms with E-state index >= 15 is 0 Å². The molecule has 0 aliphatic carbocycles. The maximum atomic E-state index is 12.1. The smallest absolute Gasteiger partial charge is 0.261 e. The predicted octanol–water partition coefficient (Wildman–Crippen LogP) is 2.12.